The van der Waals surface area contributed by atoms with E-state index in [1.54, 1.807) is 12.1 Å². The van der Waals surface area contributed by atoms with Crippen molar-refractivity contribution >= 4 is 15.9 Å². The summed E-state index contributed by atoms with van der Waals surface area (Å²) in [5.41, 5.74) is 1.00. The average molecular weight is 422 g/mol. The summed E-state index contributed by atoms with van der Waals surface area (Å²) < 4.78 is 53.6. The number of hydrogen-bond donors (Lipinski definition) is 0. The fourth-order valence-corrected chi connectivity index (χ4v) is 4.64. The van der Waals surface area contributed by atoms with Gasteiger partial charge in [-0.05, 0) is 41.3 Å². The molecule has 3 rings (SSSR count). The monoisotopic (exact) mass is 422 g/mol. The molecule has 0 spiro atoms. The van der Waals surface area contributed by atoms with Crippen molar-refractivity contribution in [2.45, 2.75) is 31.1 Å². The van der Waals surface area contributed by atoms with E-state index in [1.807, 2.05) is 12.1 Å². The van der Waals surface area contributed by atoms with Crippen LogP contribution in [0.2, 0.25) is 0 Å². The number of carbonyl (C=O) groups excluding carboxylic acids is 1. The summed E-state index contributed by atoms with van der Waals surface area (Å²) in [4.78, 5) is 14.1. The zero-order chi connectivity index (χ0) is 21.4. The maximum atomic E-state index is 13.4. The molecule has 2 aromatic rings. The molecule has 2 aromatic carbocycles. The number of halogens is 2. The fraction of sp³-hybridized carbons (Fsp3) is 0.381. The van der Waals surface area contributed by atoms with Gasteiger partial charge in [0.2, 0.25) is 10.0 Å². The fourth-order valence-electron chi connectivity index (χ4n) is 3.22. The van der Waals surface area contributed by atoms with Gasteiger partial charge in [-0.2, -0.15) is 4.31 Å². The second-order valence-electron chi connectivity index (χ2n) is 8.10. The first-order valence-corrected chi connectivity index (χ1v) is 10.8. The van der Waals surface area contributed by atoms with Crippen LogP contribution in [0.1, 0.15) is 36.7 Å². The lowest BCUT2D eigenvalue weighted by Crippen LogP contribution is -2.50. The summed E-state index contributed by atoms with van der Waals surface area (Å²) in [5.74, 6) is -2.55. The highest BCUT2D eigenvalue weighted by atomic mass is 32.2. The molecule has 0 unspecified atom stereocenters. The van der Waals surface area contributed by atoms with E-state index in [1.165, 1.54) is 15.3 Å². The van der Waals surface area contributed by atoms with Gasteiger partial charge in [0.05, 0.1) is 4.90 Å². The number of amides is 1. The molecule has 29 heavy (non-hydrogen) atoms. The highest BCUT2D eigenvalue weighted by Crippen LogP contribution is 2.25. The summed E-state index contributed by atoms with van der Waals surface area (Å²) in [6.45, 7) is 6.80. The topological polar surface area (TPSA) is 57.7 Å². The predicted molar refractivity (Wildman–Crippen MR) is 106 cm³/mol. The highest BCUT2D eigenvalue weighted by Gasteiger charge is 2.31. The van der Waals surface area contributed by atoms with E-state index in [0.29, 0.717) is 0 Å². The molecule has 1 aliphatic rings. The Balaban J connectivity index is 1.69. The Hall–Kier alpha value is -2.32. The Kier molecular flexibility index (Phi) is 5.78. The number of rotatable bonds is 3. The third-order valence-electron chi connectivity index (χ3n) is 5.05. The highest BCUT2D eigenvalue weighted by molar-refractivity contribution is 7.89. The number of sulfonamides is 1. The van der Waals surface area contributed by atoms with Gasteiger partial charge in [-0.25, -0.2) is 17.2 Å². The third kappa shape index (κ3) is 4.48. The molecule has 5 nitrogen and oxygen atoms in total. The Morgan fingerprint density at radius 1 is 0.897 bits per heavy atom. The minimum atomic E-state index is -3.66. The maximum Gasteiger partial charge on any atom is 0.254 e. The number of nitrogens with zero attached hydrogens (tertiary/aromatic N) is 2. The maximum absolute atomic E-state index is 13.4. The van der Waals surface area contributed by atoms with Gasteiger partial charge >= 0.3 is 0 Å². The van der Waals surface area contributed by atoms with Gasteiger partial charge in [0.1, 0.15) is 0 Å². The van der Waals surface area contributed by atoms with Crippen molar-refractivity contribution in [3.8, 4) is 0 Å². The molecule has 1 fully saturated rings. The normalized spacial score (nSPS) is 16.1. The molecule has 1 aliphatic heterocycles. The Labute approximate surface area is 170 Å². The van der Waals surface area contributed by atoms with Gasteiger partial charge in [0.25, 0.3) is 5.91 Å². The standard InChI is InChI=1S/C21H24F2N2O3S/c1-21(2,3)16-5-7-17(8-6-16)29(27,28)25-12-10-24(11-13-25)20(26)15-4-9-18(22)19(23)14-15/h4-9,14H,10-13H2,1-3H3. The van der Waals surface area contributed by atoms with E-state index in [0.717, 1.165) is 17.7 Å². The minimum absolute atomic E-state index is 0.0398. The number of hydrogen-bond acceptors (Lipinski definition) is 3. The van der Waals surface area contributed by atoms with E-state index in [4.69, 9.17) is 0 Å². The average Bonchev–Trinajstić information content (AvgIpc) is 2.69. The molecule has 0 saturated carbocycles. The molecule has 0 atom stereocenters. The van der Waals surface area contributed by atoms with Crippen molar-refractivity contribution in [1.29, 1.82) is 0 Å². The zero-order valence-corrected chi connectivity index (χ0v) is 17.5. The van der Waals surface area contributed by atoms with Crippen LogP contribution in [-0.4, -0.2) is 49.7 Å². The Morgan fingerprint density at radius 2 is 1.48 bits per heavy atom. The summed E-state index contributed by atoms with van der Waals surface area (Å²) in [5, 5.41) is 0. The summed E-state index contributed by atoms with van der Waals surface area (Å²) >= 11 is 0. The molecule has 0 aromatic heterocycles. The van der Waals surface area contributed by atoms with Gasteiger partial charge in [0.15, 0.2) is 11.6 Å². The SMILES string of the molecule is CC(C)(C)c1ccc(S(=O)(=O)N2CCN(C(=O)c3ccc(F)c(F)c3)CC2)cc1. The van der Waals surface area contributed by atoms with Crippen LogP contribution in [0.5, 0.6) is 0 Å². The zero-order valence-electron chi connectivity index (χ0n) is 16.7. The number of benzene rings is 2. The molecule has 1 amide bonds. The van der Waals surface area contributed by atoms with Crippen LogP contribution in [0.15, 0.2) is 47.4 Å². The molecule has 0 radical (unpaired) electrons. The Morgan fingerprint density at radius 3 is 2.00 bits per heavy atom. The quantitative estimate of drug-likeness (QED) is 0.762. The lowest BCUT2D eigenvalue weighted by atomic mass is 9.87. The second-order valence-corrected chi connectivity index (χ2v) is 10.0. The lowest BCUT2D eigenvalue weighted by molar-refractivity contribution is 0.0697. The van der Waals surface area contributed by atoms with Crippen LogP contribution in [0.25, 0.3) is 0 Å². The number of piperazine rings is 1. The van der Waals surface area contributed by atoms with E-state index in [9.17, 15) is 22.0 Å². The molecule has 1 saturated heterocycles. The molecule has 0 aliphatic carbocycles. The lowest BCUT2D eigenvalue weighted by Gasteiger charge is -2.34. The molecular formula is C21H24F2N2O3S. The molecule has 1 heterocycles. The van der Waals surface area contributed by atoms with Crippen LogP contribution in [-0.2, 0) is 15.4 Å². The first-order chi connectivity index (χ1) is 13.5. The van der Waals surface area contributed by atoms with Crippen molar-refractivity contribution in [3.05, 3.63) is 65.2 Å². The molecule has 8 heteroatoms. The number of carbonyl (C=O) groups is 1. The summed E-state index contributed by atoms with van der Waals surface area (Å²) in [6.07, 6.45) is 0. The molecular weight excluding hydrogens is 398 g/mol. The van der Waals surface area contributed by atoms with E-state index in [2.05, 4.69) is 20.8 Å². The minimum Gasteiger partial charge on any atom is -0.336 e. The Bertz CT molecular complexity index is 1010. The van der Waals surface area contributed by atoms with E-state index >= 15 is 0 Å². The van der Waals surface area contributed by atoms with Gasteiger partial charge in [-0.3, -0.25) is 4.79 Å². The van der Waals surface area contributed by atoms with Gasteiger partial charge in [-0.1, -0.05) is 32.9 Å². The second kappa shape index (κ2) is 7.84. The predicted octanol–water partition coefficient (Wildman–Crippen LogP) is 3.41. The van der Waals surface area contributed by atoms with Crippen molar-refractivity contribution in [2.24, 2.45) is 0 Å². The third-order valence-corrected chi connectivity index (χ3v) is 6.96. The van der Waals surface area contributed by atoms with Gasteiger partial charge in [0, 0.05) is 31.7 Å². The van der Waals surface area contributed by atoms with Gasteiger partial charge < -0.3 is 4.90 Å². The van der Waals surface area contributed by atoms with Crippen molar-refractivity contribution in [1.82, 2.24) is 9.21 Å². The van der Waals surface area contributed by atoms with E-state index in [-0.39, 0.29) is 42.1 Å². The van der Waals surface area contributed by atoms with Crippen LogP contribution in [0.4, 0.5) is 8.78 Å². The summed E-state index contributed by atoms with van der Waals surface area (Å²) in [7, 11) is -3.66. The van der Waals surface area contributed by atoms with Crippen LogP contribution in [0, 0.1) is 11.6 Å². The summed E-state index contributed by atoms with van der Waals surface area (Å²) in [6, 6.07) is 9.83. The van der Waals surface area contributed by atoms with Crippen molar-refractivity contribution in [2.75, 3.05) is 26.2 Å². The molecule has 156 valence electrons. The first kappa shape index (κ1) is 21.4. The van der Waals surface area contributed by atoms with Crippen LogP contribution >= 0.6 is 0 Å². The van der Waals surface area contributed by atoms with Crippen LogP contribution in [0.3, 0.4) is 0 Å². The molecule has 0 bridgehead atoms. The first-order valence-electron chi connectivity index (χ1n) is 9.35. The van der Waals surface area contributed by atoms with Crippen molar-refractivity contribution in [3.63, 3.8) is 0 Å². The van der Waals surface area contributed by atoms with Gasteiger partial charge in [-0.15, -0.1) is 0 Å². The largest absolute Gasteiger partial charge is 0.336 e. The smallest absolute Gasteiger partial charge is 0.254 e. The van der Waals surface area contributed by atoms with Crippen molar-refractivity contribution < 1.29 is 22.0 Å². The molecule has 0 N–H and O–H groups in total. The van der Waals surface area contributed by atoms with Crippen LogP contribution < -0.4 is 0 Å². The van der Waals surface area contributed by atoms with E-state index < -0.39 is 27.6 Å².